The fourth-order valence-electron chi connectivity index (χ4n) is 0.819. The predicted octanol–water partition coefficient (Wildman–Crippen LogP) is 2.38. The second-order valence-electron chi connectivity index (χ2n) is 2.45. The summed E-state index contributed by atoms with van der Waals surface area (Å²) in [5, 5.41) is 0. The van der Waals surface area contributed by atoms with E-state index < -0.39 is 6.04 Å². The Kier molecular flexibility index (Phi) is 2.38. The maximum Gasteiger partial charge on any atom is 0.332 e. The van der Waals surface area contributed by atoms with Crippen LogP contribution in [0.4, 0.5) is 4.39 Å². The lowest BCUT2D eigenvalue weighted by Crippen LogP contribution is -1.91. The van der Waals surface area contributed by atoms with Crippen LogP contribution in [0.25, 0.3) is 5.57 Å². The Morgan fingerprint density at radius 2 is 1.75 bits per heavy atom. The lowest BCUT2D eigenvalue weighted by Gasteiger charge is -1.98. The van der Waals surface area contributed by atoms with Crippen molar-refractivity contribution >= 4 is 11.6 Å². The van der Waals surface area contributed by atoms with E-state index in [1.165, 1.54) is 0 Å². The van der Waals surface area contributed by atoms with Gasteiger partial charge in [-0.05, 0) is 18.1 Å². The molecule has 0 aliphatic rings. The van der Waals surface area contributed by atoms with Crippen molar-refractivity contribution in [3.63, 3.8) is 0 Å². The summed E-state index contributed by atoms with van der Waals surface area (Å²) in [7, 11) is 0. The van der Waals surface area contributed by atoms with Crippen LogP contribution in [-0.2, 0) is 4.79 Å². The zero-order chi connectivity index (χ0) is 9.14. The largest absolute Gasteiger partial charge is 0.332 e. The molecule has 12 heavy (non-hydrogen) atoms. The van der Waals surface area contributed by atoms with E-state index in [0.717, 1.165) is 5.56 Å². The molecule has 0 saturated heterocycles. The summed E-state index contributed by atoms with van der Waals surface area (Å²) in [6.45, 7) is 6.97. The van der Waals surface area contributed by atoms with Gasteiger partial charge in [0.05, 0.1) is 5.57 Å². The minimum absolute atomic E-state index is 0.116. The summed E-state index contributed by atoms with van der Waals surface area (Å²) in [5.41, 5.74) is 1.20. The van der Waals surface area contributed by atoms with E-state index in [-0.39, 0.29) is 5.57 Å². The van der Waals surface area contributed by atoms with Crippen LogP contribution < -0.4 is 0 Å². The molecule has 0 spiro atoms. The molecule has 1 aromatic carbocycles. The van der Waals surface area contributed by atoms with Gasteiger partial charge in [0.1, 0.15) is 0 Å². The second kappa shape index (κ2) is 3.30. The number of halogens is 1. The van der Waals surface area contributed by atoms with Crippen LogP contribution in [0, 0.1) is 6.92 Å². The maximum atomic E-state index is 12.1. The average molecular weight is 163 g/mol. The van der Waals surface area contributed by atoms with Crippen molar-refractivity contribution in [2.45, 2.75) is 0 Å². The van der Waals surface area contributed by atoms with E-state index in [1.807, 2.05) is 0 Å². The quantitative estimate of drug-likeness (QED) is 0.483. The first-order valence-electron chi connectivity index (χ1n) is 3.42. The summed E-state index contributed by atoms with van der Waals surface area (Å²) < 4.78 is 12.1. The third kappa shape index (κ3) is 1.78. The van der Waals surface area contributed by atoms with Crippen LogP contribution in [0.15, 0.2) is 30.8 Å². The second-order valence-corrected chi connectivity index (χ2v) is 2.45. The average Bonchev–Trinajstić information content (AvgIpc) is 2.04. The Morgan fingerprint density at radius 1 is 1.25 bits per heavy atom. The van der Waals surface area contributed by atoms with E-state index in [9.17, 15) is 9.18 Å². The smallest absolute Gasteiger partial charge is 0.255 e. The highest BCUT2D eigenvalue weighted by Crippen LogP contribution is 2.14. The molecule has 0 aromatic heterocycles. The van der Waals surface area contributed by atoms with Crippen LogP contribution in [0.5, 0.6) is 0 Å². The number of hydrogen-bond acceptors (Lipinski definition) is 1. The molecular weight excluding hydrogens is 155 g/mol. The number of allylic oxidation sites excluding steroid dienone is 1. The molecule has 0 aliphatic carbocycles. The predicted molar refractivity (Wildman–Crippen MR) is 46.1 cm³/mol. The first-order valence-corrected chi connectivity index (χ1v) is 3.42. The van der Waals surface area contributed by atoms with Crippen molar-refractivity contribution < 1.29 is 9.18 Å². The molecule has 0 heterocycles. The summed E-state index contributed by atoms with van der Waals surface area (Å²) in [5.74, 6) is 0. The molecule has 0 amide bonds. The van der Waals surface area contributed by atoms with Crippen molar-refractivity contribution in [3.8, 4) is 0 Å². The fourth-order valence-corrected chi connectivity index (χ4v) is 0.819. The van der Waals surface area contributed by atoms with Crippen LogP contribution >= 0.6 is 0 Å². The minimum atomic E-state index is -1.49. The van der Waals surface area contributed by atoms with Gasteiger partial charge in [0.15, 0.2) is 0 Å². The molecule has 0 saturated carbocycles. The monoisotopic (exact) mass is 163 g/mol. The van der Waals surface area contributed by atoms with E-state index >= 15 is 0 Å². The van der Waals surface area contributed by atoms with Gasteiger partial charge < -0.3 is 0 Å². The highest BCUT2D eigenvalue weighted by molar-refractivity contribution is 6.14. The third-order valence-electron chi connectivity index (χ3n) is 1.54. The van der Waals surface area contributed by atoms with E-state index in [1.54, 1.807) is 24.3 Å². The van der Waals surface area contributed by atoms with Crippen LogP contribution in [-0.4, -0.2) is 6.04 Å². The first kappa shape index (κ1) is 8.65. The Morgan fingerprint density at radius 3 is 2.17 bits per heavy atom. The topological polar surface area (TPSA) is 17.1 Å². The standard InChI is InChI=1S/C10H8FO/c1-7-3-5-9(6-4-7)8(2)10(11)12/h3-6H,1-2H2. The van der Waals surface area contributed by atoms with Gasteiger partial charge in [-0.1, -0.05) is 30.8 Å². The molecule has 61 valence electrons. The molecule has 0 fully saturated rings. The molecule has 0 unspecified atom stereocenters. The maximum absolute atomic E-state index is 12.1. The lowest BCUT2D eigenvalue weighted by atomic mass is 10.1. The molecule has 1 aromatic rings. The number of hydrogen-bond donors (Lipinski definition) is 0. The number of benzene rings is 1. The molecule has 1 nitrogen and oxygen atoms in total. The SMILES string of the molecule is [CH2]c1ccc(C(=C)C(=O)F)cc1. The van der Waals surface area contributed by atoms with Crippen molar-refractivity contribution in [2.75, 3.05) is 0 Å². The fraction of sp³-hybridized carbons (Fsp3) is 0. The number of carbonyl (C=O) groups excluding carboxylic acids is 1. The van der Waals surface area contributed by atoms with Gasteiger partial charge in [-0.15, -0.1) is 0 Å². The molecule has 0 N–H and O–H groups in total. The lowest BCUT2D eigenvalue weighted by molar-refractivity contribution is -0.123. The normalized spacial score (nSPS) is 9.50. The number of carbonyl (C=O) groups is 1. The van der Waals surface area contributed by atoms with Gasteiger partial charge in [0.2, 0.25) is 0 Å². The van der Waals surface area contributed by atoms with E-state index in [2.05, 4.69) is 13.5 Å². The third-order valence-corrected chi connectivity index (χ3v) is 1.54. The van der Waals surface area contributed by atoms with Crippen LogP contribution in [0.3, 0.4) is 0 Å². The van der Waals surface area contributed by atoms with Crippen molar-refractivity contribution in [1.82, 2.24) is 0 Å². The van der Waals surface area contributed by atoms with Gasteiger partial charge >= 0.3 is 6.04 Å². The van der Waals surface area contributed by atoms with E-state index in [0.29, 0.717) is 5.56 Å². The molecule has 2 heteroatoms. The van der Waals surface area contributed by atoms with E-state index in [4.69, 9.17) is 0 Å². The van der Waals surface area contributed by atoms with Crippen molar-refractivity contribution in [2.24, 2.45) is 0 Å². The number of rotatable bonds is 2. The van der Waals surface area contributed by atoms with Crippen LogP contribution in [0.2, 0.25) is 0 Å². The van der Waals surface area contributed by atoms with Gasteiger partial charge in [-0.25, -0.2) is 0 Å². The zero-order valence-corrected chi connectivity index (χ0v) is 6.51. The van der Waals surface area contributed by atoms with Gasteiger partial charge in [-0.3, -0.25) is 4.79 Å². The zero-order valence-electron chi connectivity index (χ0n) is 6.51. The molecule has 0 atom stereocenters. The molecule has 0 bridgehead atoms. The highest BCUT2D eigenvalue weighted by atomic mass is 19.1. The highest BCUT2D eigenvalue weighted by Gasteiger charge is 2.06. The van der Waals surface area contributed by atoms with Crippen LogP contribution in [0.1, 0.15) is 11.1 Å². The molecular formula is C10H8FO. The van der Waals surface area contributed by atoms with Gasteiger partial charge in [0, 0.05) is 0 Å². The summed E-state index contributed by atoms with van der Waals surface area (Å²) in [6, 6.07) is 5.13. The minimum Gasteiger partial charge on any atom is -0.255 e. The van der Waals surface area contributed by atoms with Crippen molar-refractivity contribution in [1.29, 1.82) is 0 Å². The Bertz CT molecular complexity index is 311. The summed E-state index contributed by atoms with van der Waals surface area (Å²) in [6.07, 6.45) is 0. The molecule has 1 radical (unpaired) electrons. The Hall–Kier alpha value is -1.44. The molecule has 0 aliphatic heterocycles. The van der Waals surface area contributed by atoms with Crippen molar-refractivity contribution in [3.05, 3.63) is 48.9 Å². The van der Waals surface area contributed by atoms with Gasteiger partial charge in [-0.2, -0.15) is 4.39 Å². The Labute approximate surface area is 70.5 Å². The first-order chi connectivity index (χ1) is 5.61. The van der Waals surface area contributed by atoms with Gasteiger partial charge in [0.25, 0.3) is 0 Å². The summed E-state index contributed by atoms with van der Waals surface area (Å²) in [4.78, 5) is 10.2. The molecule has 1 rings (SSSR count). The Balaban J connectivity index is 2.98. The summed E-state index contributed by atoms with van der Waals surface area (Å²) >= 11 is 0.